The predicted octanol–water partition coefficient (Wildman–Crippen LogP) is 3.41. The first-order valence-electron chi connectivity index (χ1n) is 4.62. The molecule has 0 fully saturated rings. The zero-order chi connectivity index (χ0) is 11.5. The Morgan fingerprint density at radius 3 is 2.94 bits per heavy atom. The van der Waals surface area contributed by atoms with Gasteiger partial charge in [-0.3, -0.25) is 0 Å². The third-order valence-electron chi connectivity index (χ3n) is 1.92. The van der Waals surface area contributed by atoms with Crippen molar-refractivity contribution in [2.75, 3.05) is 5.32 Å². The molecule has 1 N–H and O–H groups in total. The predicted molar refractivity (Wildman–Crippen MR) is 65.5 cm³/mol. The first-order chi connectivity index (χ1) is 7.65. The van der Waals surface area contributed by atoms with Crippen molar-refractivity contribution in [3.8, 4) is 0 Å². The van der Waals surface area contributed by atoms with Gasteiger partial charge in [0.15, 0.2) is 0 Å². The number of halogens is 2. The van der Waals surface area contributed by atoms with Gasteiger partial charge in [-0.15, -0.1) is 0 Å². The molecule has 2 rings (SSSR count). The van der Waals surface area contributed by atoms with Crippen LogP contribution in [0.25, 0.3) is 0 Å². The Balaban J connectivity index is 2.04. The smallest absolute Gasteiger partial charge is 0.140 e. The summed E-state index contributed by atoms with van der Waals surface area (Å²) in [6, 6.07) is 3.65. The number of hydrogen-bond acceptors (Lipinski definition) is 4. The van der Waals surface area contributed by atoms with Crippen LogP contribution in [-0.2, 0) is 6.54 Å². The first-order valence-corrected chi connectivity index (χ1v) is 5.79. The largest absolute Gasteiger partial charge is 0.363 e. The minimum absolute atomic E-state index is 0.560. The Morgan fingerprint density at radius 2 is 2.31 bits per heavy atom. The van der Waals surface area contributed by atoms with Crippen LogP contribution in [0.15, 0.2) is 27.3 Å². The molecule has 4 nitrogen and oxygen atoms in total. The molecule has 0 aromatic carbocycles. The number of aromatic nitrogens is 2. The van der Waals surface area contributed by atoms with E-state index in [0.29, 0.717) is 11.6 Å². The number of rotatable bonds is 3. The van der Waals surface area contributed by atoms with Gasteiger partial charge in [0.25, 0.3) is 0 Å². The second-order valence-electron chi connectivity index (χ2n) is 3.27. The molecule has 16 heavy (non-hydrogen) atoms. The molecule has 0 aliphatic carbocycles. The quantitative estimate of drug-likeness (QED) is 0.944. The third kappa shape index (κ3) is 2.74. The van der Waals surface area contributed by atoms with E-state index < -0.39 is 0 Å². The van der Waals surface area contributed by atoms with Gasteiger partial charge >= 0.3 is 0 Å². The summed E-state index contributed by atoms with van der Waals surface area (Å²) in [5, 5.41) is 7.59. The molecule has 0 atom stereocenters. The lowest BCUT2D eigenvalue weighted by atomic mass is 10.3. The second-order valence-corrected chi connectivity index (χ2v) is 4.56. The van der Waals surface area contributed by atoms with Crippen molar-refractivity contribution >= 4 is 33.3 Å². The zero-order valence-electron chi connectivity index (χ0n) is 8.50. The summed E-state index contributed by atoms with van der Waals surface area (Å²) in [6.45, 7) is 2.41. The molecule has 0 aliphatic heterocycles. The number of nitrogens with zero attached hydrogens (tertiary/aromatic N) is 2. The van der Waals surface area contributed by atoms with Gasteiger partial charge in [-0.1, -0.05) is 16.8 Å². The molecule has 0 amide bonds. The lowest BCUT2D eigenvalue weighted by molar-refractivity contribution is 0.391. The SMILES string of the molecule is Cc1cc(CNc2ncc(Cl)cc2Br)no1. The van der Waals surface area contributed by atoms with Gasteiger partial charge in [-0.2, -0.15) is 0 Å². The molecule has 0 spiro atoms. The highest BCUT2D eigenvalue weighted by atomic mass is 79.9. The summed E-state index contributed by atoms with van der Waals surface area (Å²) in [7, 11) is 0. The van der Waals surface area contributed by atoms with Gasteiger partial charge in [-0.25, -0.2) is 4.98 Å². The molecule has 0 radical (unpaired) electrons. The summed E-state index contributed by atoms with van der Waals surface area (Å²) in [4.78, 5) is 4.15. The fourth-order valence-electron chi connectivity index (χ4n) is 1.22. The summed E-state index contributed by atoms with van der Waals surface area (Å²) in [5.41, 5.74) is 0.834. The van der Waals surface area contributed by atoms with Crippen molar-refractivity contribution in [2.45, 2.75) is 13.5 Å². The average Bonchev–Trinajstić information content (AvgIpc) is 2.63. The summed E-state index contributed by atoms with van der Waals surface area (Å²) in [5.74, 6) is 1.52. The first kappa shape index (κ1) is 11.4. The Kier molecular flexibility index (Phi) is 3.46. The van der Waals surface area contributed by atoms with Gasteiger partial charge in [0.05, 0.1) is 16.0 Å². The van der Waals surface area contributed by atoms with Gasteiger partial charge in [-0.05, 0) is 28.9 Å². The van der Waals surface area contributed by atoms with Gasteiger partial charge < -0.3 is 9.84 Å². The van der Waals surface area contributed by atoms with Crippen LogP contribution in [0.2, 0.25) is 5.02 Å². The molecule has 0 aliphatic rings. The molecular weight excluding hydrogens is 293 g/mol. The minimum atomic E-state index is 0.560. The van der Waals surface area contributed by atoms with E-state index in [1.54, 1.807) is 12.3 Å². The Bertz CT molecular complexity index is 501. The van der Waals surface area contributed by atoms with Crippen LogP contribution >= 0.6 is 27.5 Å². The van der Waals surface area contributed by atoms with E-state index in [-0.39, 0.29) is 0 Å². The number of pyridine rings is 1. The van der Waals surface area contributed by atoms with Crippen LogP contribution in [0.1, 0.15) is 11.5 Å². The molecular formula is C10H9BrClN3O. The zero-order valence-corrected chi connectivity index (χ0v) is 10.8. The molecule has 2 aromatic rings. The third-order valence-corrected chi connectivity index (χ3v) is 2.73. The van der Waals surface area contributed by atoms with Gasteiger partial charge in [0.1, 0.15) is 17.3 Å². The standard InChI is InChI=1S/C10H9BrClN3O/c1-6-2-8(15-16-6)5-14-10-9(11)3-7(12)4-13-10/h2-4H,5H2,1H3,(H,13,14). The Hall–Kier alpha value is -1.07. The van der Waals surface area contributed by atoms with Crippen molar-refractivity contribution in [2.24, 2.45) is 0 Å². The number of anilines is 1. The Labute approximate surface area is 106 Å². The van der Waals surface area contributed by atoms with E-state index in [9.17, 15) is 0 Å². The van der Waals surface area contributed by atoms with Crippen LogP contribution in [0.5, 0.6) is 0 Å². The van der Waals surface area contributed by atoms with E-state index >= 15 is 0 Å². The lowest BCUT2D eigenvalue weighted by Gasteiger charge is -2.05. The van der Waals surface area contributed by atoms with Gasteiger partial charge in [0.2, 0.25) is 0 Å². The maximum atomic E-state index is 5.79. The molecule has 0 bridgehead atoms. The van der Waals surface area contributed by atoms with Crippen molar-refractivity contribution in [3.63, 3.8) is 0 Å². The average molecular weight is 303 g/mol. The van der Waals surface area contributed by atoms with E-state index in [0.717, 1.165) is 21.7 Å². The highest BCUT2D eigenvalue weighted by Gasteiger charge is 2.04. The highest BCUT2D eigenvalue weighted by molar-refractivity contribution is 9.10. The minimum Gasteiger partial charge on any atom is -0.363 e. The molecule has 2 heterocycles. The normalized spacial score (nSPS) is 10.4. The van der Waals surface area contributed by atoms with Crippen LogP contribution in [0.3, 0.4) is 0 Å². The fourth-order valence-corrected chi connectivity index (χ4v) is 2.00. The fraction of sp³-hybridized carbons (Fsp3) is 0.200. The van der Waals surface area contributed by atoms with Crippen molar-refractivity contribution < 1.29 is 4.52 Å². The Morgan fingerprint density at radius 1 is 1.50 bits per heavy atom. The van der Waals surface area contributed by atoms with Crippen molar-refractivity contribution in [1.29, 1.82) is 0 Å². The van der Waals surface area contributed by atoms with Crippen LogP contribution in [0, 0.1) is 6.92 Å². The van der Waals surface area contributed by atoms with E-state index in [1.165, 1.54) is 0 Å². The van der Waals surface area contributed by atoms with E-state index in [4.69, 9.17) is 16.1 Å². The molecule has 0 saturated carbocycles. The molecule has 0 saturated heterocycles. The van der Waals surface area contributed by atoms with Crippen LogP contribution < -0.4 is 5.32 Å². The van der Waals surface area contributed by atoms with E-state index in [1.807, 2.05) is 13.0 Å². The molecule has 84 valence electrons. The van der Waals surface area contributed by atoms with Gasteiger partial charge in [0, 0.05) is 12.3 Å². The van der Waals surface area contributed by atoms with Crippen molar-refractivity contribution in [3.05, 3.63) is 39.3 Å². The maximum absolute atomic E-state index is 5.79. The number of hydrogen-bond donors (Lipinski definition) is 1. The summed E-state index contributed by atoms with van der Waals surface area (Å²) in [6.07, 6.45) is 1.59. The number of aryl methyl sites for hydroxylation is 1. The topological polar surface area (TPSA) is 51.0 Å². The second kappa shape index (κ2) is 4.84. The van der Waals surface area contributed by atoms with E-state index in [2.05, 4.69) is 31.4 Å². The molecule has 2 aromatic heterocycles. The highest BCUT2D eigenvalue weighted by Crippen LogP contribution is 2.23. The lowest BCUT2D eigenvalue weighted by Crippen LogP contribution is -2.02. The summed E-state index contributed by atoms with van der Waals surface area (Å²) < 4.78 is 5.78. The summed E-state index contributed by atoms with van der Waals surface area (Å²) >= 11 is 9.16. The monoisotopic (exact) mass is 301 g/mol. The molecule has 0 unspecified atom stereocenters. The number of nitrogens with one attached hydrogen (secondary N) is 1. The van der Waals surface area contributed by atoms with Crippen molar-refractivity contribution in [1.82, 2.24) is 10.1 Å². The van der Waals surface area contributed by atoms with Crippen LogP contribution in [0.4, 0.5) is 5.82 Å². The van der Waals surface area contributed by atoms with Crippen LogP contribution in [-0.4, -0.2) is 10.1 Å². The molecule has 6 heteroatoms. The maximum Gasteiger partial charge on any atom is 0.140 e.